The molecule has 4 fully saturated rings. The molecule has 4 heterocycles. The van der Waals surface area contributed by atoms with Crippen molar-refractivity contribution in [3.8, 4) is 0 Å². The van der Waals surface area contributed by atoms with E-state index in [1.807, 2.05) is 13.8 Å². The van der Waals surface area contributed by atoms with Gasteiger partial charge in [0.05, 0.1) is 36.2 Å². The van der Waals surface area contributed by atoms with E-state index >= 15 is 0 Å². The Morgan fingerprint density at radius 1 is 0.651 bits per heavy atom. The summed E-state index contributed by atoms with van der Waals surface area (Å²) in [6, 6.07) is 12.9. The molecule has 0 aromatic heterocycles. The van der Waals surface area contributed by atoms with Gasteiger partial charge in [-0.3, -0.25) is 8.37 Å². The van der Waals surface area contributed by atoms with Crippen LogP contribution in [-0.4, -0.2) is 111 Å². The van der Waals surface area contributed by atoms with Crippen LogP contribution in [0.3, 0.4) is 0 Å². The van der Waals surface area contributed by atoms with Gasteiger partial charge >= 0.3 is 0 Å². The Balaban J connectivity index is 0.000000173. The van der Waals surface area contributed by atoms with E-state index in [1.165, 1.54) is 31.4 Å². The van der Waals surface area contributed by atoms with Crippen LogP contribution in [0.4, 0.5) is 0 Å². The molecule has 1 N–H and O–H groups in total. The van der Waals surface area contributed by atoms with Gasteiger partial charge < -0.3 is 33.5 Å². The van der Waals surface area contributed by atoms with Crippen molar-refractivity contribution in [1.82, 2.24) is 0 Å². The van der Waals surface area contributed by atoms with Gasteiger partial charge in [-0.15, -0.1) is 0 Å². The molecule has 8 atom stereocenters. The molecule has 43 heavy (non-hydrogen) atoms. The molecule has 0 bridgehead atoms. The Bertz CT molecular complexity index is 1430. The maximum atomic E-state index is 12.4. The van der Waals surface area contributed by atoms with Crippen molar-refractivity contribution >= 4 is 20.2 Å². The largest absolute Gasteiger partial charge is 0.388 e. The van der Waals surface area contributed by atoms with Crippen molar-refractivity contribution in [1.29, 1.82) is 0 Å². The van der Waals surface area contributed by atoms with Crippen LogP contribution >= 0.6 is 0 Å². The van der Waals surface area contributed by atoms with Crippen LogP contribution in [0.5, 0.6) is 0 Å². The standard InChI is InChI=1S/C15H20O7S.C13H16O6S/c1-10-3-5-11(6-4-10)23(16,17)22-13-8-20-14-12(21-9-18-2)7-19-15(13)14;1-8-2-4-9(5-3-8)20(15,16)19-11-7-18-12-10(14)6-17-13(11)12/h3-6,12-15H,7-9H2,1-2H3;2-5,10-14H,6-7H2,1H3/t12-,13-,14-,15-;10-,11-,12-,13-/m11/s1. The van der Waals surface area contributed by atoms with E-state index in [0.29, 0.717) is 6.61 Å². The summed E-state index contributed by atoms with van der Waals surface area (Å²) in [6.45, 7) is 4.60. The summed E-state index contributed by atoms with van der Waals surface area (Å²) in [6.07, 6.45) is -4.25. The quantitative estimate of drug-likeness (QED) is 0.305. The van der Waals surface area contributed by atoms with Crippen LogP contribution in [-0.2, 0) is 57.0 Å². The third-order valence-corrected chi connectivity index (χ3v) is 10.2. The molecule has 0 saturated carbocycles. The Kier molecular flexibility index (Phi) is 10.2. The zero-order valence-corrected chi connectivity index (χ0v) is 25.6. The molecule has 2 aromatic rings. The fourth-order valence-electron chi connectivity index (χ4n) is 5.18. The Morgan fingerprint density at radius 3 is 1.53 bits per heavy atom. The highest BCUT2D eigenvalue weighted by atomic mass is 32.2. The summed E-state index contributed by atoms with van der Waals surface area (Å²) in [4.78, 5) is 0.224. The Labute approximate surface area is 251 Å². The Hall–Kier alpha value is -2.02. The third kappa shape index (κ3) is 7.45. The number of hydrogen-bond donors (Lipinski definition) is 1. The summed E-state index contributed by atoms with van der Waals surface area (Å²) in [5.41, 5.74) is 1.95. The first kappa shape index (κ1) is 32.4. The lowest BCUT2D eigenvalue weighted by Crippen LogP contribution is -2.35. The van der Waals surface area contributed by atoms with Gasteiger partial charge in [0.2, 0.25) is 0 Å². The van der Waals surface area contributed by atoms with Crippen LogP contribution in [0.25, 0.3) is 0 Å². The molecule has 0 amide bonds. The maximum Gasteiger partial charge on any atom is 0.297 e. The van der Waals surface area contributed by atoms with Crippen LogP contribution < -0.4 is 0 Å². The second-order valence-corrected chi connectivity index (χ2v) is 13.8. The average molecular weight is 645 g/mol. The zero-order chi connectivity index (χ0) is 30.8. The van der Waals surface area contributed by atoms with E-state index in [2.05, 4.69) is 0 Å². The van der Waals surface area contributed by atoms with Crippen LogP contribution in [0.1, 0.15) is 11.1 Å². The zero-order valence-electron chi connectivity index (χ0n) is 23.9. The molecule has 4 saturated heterocycles. The van der Waals surface area contributed by atoms with Gasteiger partial charge in [-0.2, -0.15) is 16.8 Å². The lowest BCUT2D eigenvalue weighted by molar-refractivity contribution is -0.106. The fraction of sp³-hybridized carbons (Fsp3) is 0.571. The fourth-order valence-corrected chi connectivity index (χ4v) is 7.32. The van der Waals surface area contributed by atoms with Crippen LogP contribution in [0.15, 0.2) is 58.3 Å². The summed E-state index contributed by atoms with van der Waals surface area (Å²) in [5, 5.41) is 9.61. The number of benzene rings is 2. The van der Waals surface area contributed by atoms with E-state index < -0.39 is 56.9 Å². The van der Waals surface area contributed by atoms with Gasteiger partial charge in [-0.05, 0) is 38.1 Å². The molecule has 13 nitrogen and oxygen atoms in total. The molecule has 238 valence electrons. The Morgan fingerprint density at radius 2 is 1.05 bits per heavy atom. The van der Waals surface area contributed by atoms with Crippen molar-refractivity contribution in [2.24, 2.45) is 0 Å². The van der Waals surface area contributed by atoms with E-state index in [-0.39, 0.29) is 48.6 Å². The molecular weight excluding hydrogens is 608 g/mol. The molecule has 0 spiro atoms. The number of aliphatic hydroxyl groups excluding tert-OH is 1. The number of aliphatic hydroxyl groups is 1. The second kappa shape index (κ2) is 13.5. The molecule has 4 aliphatic rings. The van der Waals surface area contributed by atoms with Gasteiger partial charge in [0, 0.05) is 7.11 Å². The molecule has 4 aliphatic heterocycles. The monoisotopic (exact) mass is 644 g/mol. The van der Waals surface area contributed by atoms with Gasteiger partial charge in [0.15, 0.2) is 0 Å². The number of aryl methyl sites for hydroxylation is 2. The number of hydrogen-bond acceptors (Lipinski definition) is 13. The molecule has 0 unspecified atom stereocenters. The second-order valence-electron chi connectivity index (χ2n) is 10.7. The third-order valence-electron chi connectivity index (χ3n) is 7.46. The highest BCUT2D eigenvalue weighted by molar-refractivity contribution is 7.87. The van der Waals surface area contributed by atoms with Crippen LogP contribution in [0, 0.1) is 13.8 Å². The number of rotatable bonds is 9. The number of ether oxygens (including phenoxy) is 6. The summed E-state index contributed by atoms with van der Waals surface area (Å²) in [5.74, 6) is 0. The maximum absolute atomic E-state index is 12.4. The molecular formula is C28H36O13S2. The van der Waals surface area contributed by atoms with E-state index in [1.54, 1.807) is 24.3 Å². The predicted octanol–water partition coefficient (Wildman–Crippen LogP) is 1.08. The van der Waals surface area contributed by atoms with Crippen molar-refractivity contribution < 1.29 is 58.7 Å². The minimum absolute atomic E-state index is 0.0947. The highest BCUT2D eigenvalue weighted by Crippen LogP contribution is 2.33. The van der Waals surface area contributed by atoms with E-state index in [0.717, 1.165) is 11.1 Å². The predicted molar refractivity (Wildman–Crippen MR) is 148 cm³/mol. The first-order valence-electron chi connectivity index (χ1n) is 13.7. The SMILES string of the molecule is COCO[C@@H]1CO[C@H]2[C@@H]1OC[C@H]2OS(=O)(=O)c1ccc(C)cc1.Cc1ccc(S(=O)(=O)O[C@@H]2CO[C@H]3[C@@H]2OC[C@H]3O)cc1. The summed E-state index contributed by atoms with van der Waals surface area (Å²) in [7, 11) is -6.19. The van der Waals surface area contributed by atoms with Gasteiger partial charge in [0.1, 0.15) is 55.6 Å². The topological polar surface area (TPSA) is 162 Å². The van der Waals surface area contributed by atoms with Gasteiger partial charge in [-0.25, -0.2) is 0 Å². The average Bonchev–Trinajstić information content (AvgIpc) is 3.74. The van der Waals surface area contributed by atoms with Gasteiger partial charge in [-0.1, -0.05) is 35.4 Å². The number of methoxy groups -OCH3 is 1. The summed E-state index contributed by atoms with van der Waals surface area (Å²) >= 11 is 0. The minimum atomic E-state index is -3.86. The minimum Gasteiger partial charge on any atom is -0.388 e. The van der Waals surface area contributed by atoms with Crippen molar-refractivity contribution in [2.75, 3.05) is 40.3 Å². The normalized spacial score (nSPS) is 31.8. The first-order valence-corrected chi connectivity index (χ1v) is 16.5. The van der Waals surface area contributed by atoms with E-state index in [4.69, 9.17) is 36.8 Å². The highest BCUT2D eigenvalue weighted by Gasteiger charge is 2.51. The van der Waals surface area contributed by atoms with Crippen molar-refractivity contribution in [3.63, 3.8) is 0 Å². The lowest BCUT2D eigenvalue weighted by Gasteiger charge is -2.17. The molecule has 6 rings (SSSR count). The van der Waals surface area contributed by atoms with Crippen molar-refractivity contribution in [2.45, 2.75) is 72.5 Å². The smallest absolute Gasteiger partial charge is 0.297 e. The number of fused-ring (bicyclic) bond motifs is 2. The van der Waals surface area contributed by atoms with Crippen molar-refractivity contribution in [3.05, 3.63) is 59.7 Å². The first-order chi connectivity index (χ1) is 20.5. The lowest BCUT2D eigenvalue weighted by atomic mass is 10.1. The summed E-state index contributed by atoms with van der Waals surface area (Å²) < 4.78 is 91.8. The molecule has 0 radical (unpaired) electrons. The molecule has 0 aliphatic carbocycles. The molecule has 15 heteroatoms. The molecule has 2 aromatic carbocycles. The van der Waals surface area contributed by atoms with Crippen LogP contribution in [0.2, 0.25) is 0 Å². The van der Waals surface area contributed by atoms with E-state index in [9.17, 15) is 21.9 Å². The van der Waals surface area contributed by atoms with Gasteiger partial charge in [0.25, 0.3) is 20.2 Å².